The zero-order chi connectivity index (χ0) is 18.1. The molecule has 4 aromatic heterocycles. The van der Waals surface area contributed by atoms with Gasteiger partial charge in [-0.15, -0.1) is 5.10 Å². The number of para-hydroxylation sites is 1. The SMILES string of the molecule is c1cncc(CCNc2ccc3nc(-c4cc5ccccc5o4)cn3n2)c1. The predicted octanol–water partition coefficient (Wildman–Crippen LogP) is 4.19. The van der Waals surface area contributed by atoms with E-state index in [-0.39, 0.29) is 0 Å². The van der Waals surface area contributed by atoms with Crippen molar-refractivity contribution < 1.29 is 4.42 Å². The highest BCUT2D eigenvalue weighted by Gasteiger charge is 2.11. The van der Waals surface area contributed by atoms with Gasteiger partial charge < -0.3 is 9.73 Å². The molecule has 0 aliphatic heterocycles. The van der Waals surface area contributed by atoms with E-state index in [1.54, 1.807) is 10.7 Å². The molecule has 0 saturated carbocycles. The largest absolute Gasteiger partial charge is 0.454 e. The summed E-state index contributed by atoms with van der Waals surface area (Å²) >= 11 is 0. The van der Waals surface area contributed by atoms with E-state index in [1.165, 1.54) is 5.56 Å². The van der Waals surface area contributed by atoms with Gasteiger partial charge in [-0.05, 0) is 42.3 Å². The maximum Gasteiger partial charge on any atom is 0.155 e. The summed E-state index contributed by atoms with van der Waals surface area (Å²) in [6, 6.07) is 17.9. The highest BCUT2D eigenvalue weighted by molar-refractivity contribution is 5.82. The van der Waals surface area contributed by atoms with Crippen LogP contribution < -0.4 is 5.32 Å². The molecule has 6 heteroatoms. The van der Waals surface area contributed by atoms with E-state index in [2.05, 4.69) is 26.4 Å². The third-order valence-corrected chi connectivity index (χ3v) is 4.44. The number of rotatable bonds is 5. The zero-order valence-electron chi connectivity index (χ0n) is 14.5. The molecule has 27 heavy (non-hydrogen) atoms. The third-order valence-electron chi connectivity index (χ3n) is 4.44. The van der Waals surface area contributed by atoms with Crippen LogP contribution in [-0.2, 0) is 6.42 Å². The summed E-state index contributed by atoms with van der Waals surface area (Å²) in [6.07, 6.45) is 6.44. The van der Waals surface area contributed by atoms with Crippen molar-refractivity contribution in [2.24, 2.45) is 0 Å². The lowest BCUT2D eigenvalue weighted by Crippen LogP contribution is -2.07. The van der Waals surface area contributed by atoms with Gasteiger partial charge in [0.1, 0.15) is 17.1 Å². The molecule has 1 N–H and O–H groups in total. The number of fused-ring (bicyclic) bond motifs is 2. The first-order valence-electron chi connectivity index (χ1n) is 8.83. The van der Waals surface area contributed by atoms with Crippen molar-refractivity contribution in [3.8, 4) is 11.5 Å². The Morgan fingerprint density at radius 1 is 1.04 bits per heavy atom. The van der Waals surface area contributed by atoms with Crippen LogP contribution in [0.2, 0.25) is 0 Å². The number of hydrogen-bond acceptors (Lipinski definition) is 5. The Bertz CT molecular complexity index is 1180. The molecule has 0 amide bonds. The number of nitrogens with zero attached hydrogens (tertiary/aromatic N) is 4. The van der Waals surface area contributed by atoms with Gasteiger partial charge in [0.2, 0.25) is 0 Å². The molecule has 4 heterocycles. The van der Waals surface area contributed by atoms with Crippen LogP contribution in [0.1, 0.15) is 5.56 Å². The fourth-order valence-corrected chi connectivity index (χ4v) is 3.08. The molecule has 0 aliphatic carbocycles. The van der Waals surface area contributed by atoms with Crippen molar-refractivity contribution in [1.29, 1.82) is 0 Å². The maximum absolute atomic E-state index is 5.90. The van der Waals surface area contributed by atoms with Crippen LogP contribution in [0.4, 0.5) is 5.82 Å². The van der Waals surface area contributed by atoms with E-state index in [0.29, 0.717) is 0 Å². The minimum atomic E-state index is 0.743. The Labute approximate surface area is 155 Å². The molecular formula is C21H17N5O. The molecule has 0 radical (unpaired) electrons. The van der Waals surface area contributed by atoms with Gasteiger partial charge in [-0.2, -0.15) is 0 Å². The number of nitrogens with one attached hydrogen (secondary N) is 1. The lowest BCUT2D eigenvalue weighted by Gasteiger charge is -2.05. The second-order valence-electron chi connectivity index (χ2n) is 6.33. The van der Waals surface area contributed by atoms with Crippen molar-refractivity contribution in [2.45, 2.75) is 6.42 Å². The van der Waals surface area contributed by atoms with Crippen molar-refractivity contribution in [2.75, 3.05) is 11.9 Å². The number of benzene rings is 1. The summed E-state index contributed by atoms with van der Waals surface area (Å²) < 4.78 is 7.68. The van der Waals surface area contributed by atoms with Crippen molar-refractivity contribution >= 4 is 22.4 Å². The smallest absolute Gasteiger partial charge is 0.155 e. The van der Waals surface area contributed by atoms with Crippen LogP contribution in [0, 0.1) is 0 Å². The lowest BCUT2D eigenvalue weighted by molar-refractivity contribution is 0.629. The van der Waals surface area contributed by atoms with E-state index in [0.717, 1.165) is 46.9 Å². The van der Waals surface area contributed by atoms with E-state index in [4.69, 9.17) is 4.42 Å². The molecule has 0 aliphatic rings. The average Bonchev–Trinajstić information content (AvgIpc) is 3.32. The fourth-order valence-electron chi connectivity index (χ4n) is 3.08. The van der Waals surface area contributed by atoms with Gasteiger partial charge in [-0.25, -0.2) is 9.50 Å². The van der Waals surface area contributed by atoms with Crippen molar-refractivity contribution in [1.82, 2.24) is 19.6 Å². The number of pyridine rings is 1. The van der Waals surface area contributed by atoms with Gasteiger partial charge >= 0.3 is 0 Å². The van der Waals surface area contributed by atoms with Gasteiger partial charge in [0.05, 0.1) is 6.20 Å². The Hall–Kier alpha value is -3.67. The summed E-state index contributed by atoms with van der Waals surface area (Å²) in [5.74, 6) is 1.55. The number of aromatic nitrogens is 4. The topological polar surface area (TPSA) is 68.2 Å². The van der Waals surface area contributed by atoms with E-state index in [9.17, 15) is 0 Å². The summed E-state index contributed by atoms with van der Waals surface area (Å²) in [7, 11) is 0. The van der Waals surface area contributed by atoms with E-state index < -0.39 is 0 Å². The van der Waals surface area contributed by atoms with Crippen molar-refractivity contribution in [3.05, 3.63) is 78.8 Å². The molecule has 0 fully saturated rings. The highest BCUT2D eigenvalue weighted by Crippen LogP contribution is 2.27. The van der Waals surface area contributed by atoms with Crippen molar-refractivity contribution in [3.63, 3.8) is 0 Å². The molecule has 6 nitrogen and oxygen atoms in total. The Morgan fingerprint density at radius 2 is 2.00 bits per heavy atom. The quantitative estimate of drug-likeness (QED) is 0.512. The van der Waals surface area contributed by atoms with Crippen LogP contribution >= 0.6 is 0 Å². The standard InChI is InChI=1S/C21H17N5O/c1-2-6-18-16(5-1)12-19(27-18)17-14-26-21(24-17)8-7-20(25-26)23-11-9-15-4-3-10-22-13-15/h1-8,10,12-14H,9,11H2,(H,23,25). The van der Waals surface area contributed by atoms with Crippen LogP contribution in [0.5, 0.6) is 0 Å². The minimum Gasteiger partial charge on any atom is -0.454 e. The summed E-state index contributed by atoms with van der Waals surface area (Å²) in [4.78, 5) is 8.75. The molecule has 132 valence electrons. The first-order valence-corrected chi connectivity index (χ1v) is 8.83. The summed E-state index contributed by atoms with van der Waals surface area (Å²) in [5.41, 5.74) is 3.60. The molecule has 0 atom stereocenters. The molecule has 0 unspecified atom stereocenters. The predicted molar refractivity (Wildman–Crippen MR) is 105 cm³/mol. The normalized spacial score (nSPS) is 11.3. The summed E-state index contributed by atoms with van der Waals surface area (Å²) in [6.45, 7) is 0.787. The molecule has 0 bridgehead atoms. The Kier molecular flexibility index (Phi) is 3.79. The van der Waals surface area contributed by atoms with Gasteiger partial charge in [0.15, 0.2) is 11.4 Å². The van der Waals surface area contributed by atoms with Crippen LogP contribution in [0.3, 0.4) is 0 Å². The van der Waals surface area contributed by atoms with E-state index >= 15 is 0 Å². The lowest BCUT2D eigenvalue weighted by atomic mass is 10.2. The molecule has 0 saturated heterocycles. The Morgan fingerprint density at radius 3 is 2.89 bits per heavy atom. The minimum absolute atomic E-state index is 0.743. The van der Waals surface area contributed by atoms with E-state index in [1.807, 2.05) is 60.9 Å². The van der Waals surface area contributed by atoms with Crippen LogP contribution in [0.15, 0.2) is 77.6 Å². The maximum atomic E-state index is 5.90. The first-order chi connectivity index (χ1) is 13.3. The monoisotopic (exact) mass is 355 g/mol. The molecular weight excluding hydrogens is 338 g/mol. The summed E-state index contributed by atoms with van der Waals surface area (Å²) in [5, 5.41) is 9.00. The number of furan rings is 1. The molecule has 5 rings (SSSR count). The number of anilines is 1. The van der Waals surface area contributed by atoms with Gasteiger partial charge in [0.25, 0.3) is 0 Å². The van der Waals surface area contributed by atoms with Gasteiger partial charge in [0, 0.05) is 24.3 Å². The first kappa shape index (κ1) is 15.6. The van der Waals surface area contributed by atoms with Gasteiger partial charge in [-0.1, -0.05) is 24.3 Å². The fraction of sp³-hybridized carbons (Fsp3) is 0.0952. The number of imidazole rings is 1. The molecule has 0 spiro atoms. The average molecular weight is 355 g/mol. The van der Waals surface area contributed by atoms with Gasteiger partial charge in [-0.3, -0.25) is 4.98 Å². The second-order valence-corrected chi connectivity index (χ2v) is 6.33. The third kappa shape index (κ3) is 3.13. The molecule has 5 aromatic rings. The Balaban J connectivity index is 1.36. The van der Waals surface area contributed by atoms with Crippen LogP contribution in [-0.4, -0.2) is 26.1 Å². The zero-order valence-corrected chi connectivity index (χ0v) is 14.5. The highest BCUT2D eigenvalue weighted by atomic mass is 16.3. The molecule has 1 aromatic carbocycles. The second kappa shape index (κ2) is 6.57. The number of hydrogen-bond donors (Lipinski definition) is 1. The van der Waals surface area contributed by atoms with Crippen LogP contribution in [0.25, 0.3) is 28.1 Å².